The second-order valence-corrected chi connectivity index (χ2v) is 5.75. The van der Waals surface area contributed by atoms with Gasteiger partial charge >= 0.3 is 0 Å². The SMILES string of the molecule is Cc1cc(C#CCNc2ccccc2)ccc1C(=O)c1ccccc1. The highest BCUT2D eigenvalue weighted by Crippen LogP contribution is 2.15. The van der Waals surface area contributed by atoms with E-state index in [2.05, 4.69) is 17.2 Å². The third-order valence-electron chi connectivity index (χ3n) is 3.89. The summed E-state index contributed by atoms with van der Waals surface area (Å²) in [5.41, 5.74) is 4.33. The van der Waals surface area contributed by atoms with E-state index in [-0.39, 0.29) is 5.78 Å². The van der Waals surface area contributed by atoms with Crippen molar-refractivity contribution in [2.45, 2.75) is 6.92 Å². The number of nitrogens with one attached hydrogen (secondary N) is 1. The molecule has 0 unspecified atom stereocenters. The fourth-order valence-corrected chi connectivity index (χ4v) is 2.59. The van der Waals surface area contributed by atoms with E-state index in [0.29, 0.717) is 12.1 Å². The van der Waals surface area contributed by atoms with Crippen LogP contribution in [0, 0.1) is 18.8 Å². The van der Waals surface area contributed by atoms with Gasteiger partial charge in [-0.05, 0) is 42.8 Å². The average Bonchev–Trinajstić information content (AvgIpc) is 2.66. The molecular formula is C23H19NO. The first kappa shape index (κ1) is 16.5. The van der Waals surface area contributed by atoms with Gasteiger partial charge in [-0.2, -0.15) is 0 Å². The number of ketones is 1. The van der Waals surface area contributed by atoms with Crippen molar-refractivity contribution in [3.63, 3.8) is 0 Å². The molecule has 2 heteroatoms. The van der Waals surface area contributed by atoms with Crippen LogP contribution in [-0.2, 0) is 0 Å². The molecule has 3 aromatic carbocycles. The van der Waals surface area contributed by atoms with E-state index >= 15 is 0 Å². The molecule has 2 nitrogen and oxygen atoms in total. The molecule has 3 aromatic rings. The molecule has 3 rings (SSSR count). The van der Waals surface area contributed by atoms with Crippen molar-refractivity contribution in [3.8, 4) is 11.8 Å². The third kappa shape index (κ3) is 4.37. The zero-order valence-electron chi connectivity index (χ0n) is 14.1. The molecule has 122 valence electrons. The van der Waals surface area contributed by atoms with Crippen LogP contribution in [0.3, 0.4) is 0 Å². The summed E-state index contributed by atoms with van der Waals surface area (Å²) in [7, 11) is 0. The van der Waals surface area contributed by atoms with Crippen LogP contribution < -0.4 is 5.32 Å². The number of aryl methyl sites for hydroxylation is 1. The average molecular weight is 325 g/mol. The van der Waals surface area contributed by atoms with Gasteiger partial charge in [0.15, 0.2) is 5.78 Å². The minimum Gasteiger partial charge on any atom is -0.374 e. The van der Waals surface area contributed by atoms with Crippen LogP contribution in [0.2, 0.25) is 0 Å². The van der Waals surface area contributed by atoms with E-state index < -0.39 is 0 Å². The van der Waals surface area contributed by atoms with Crippen LogP contribution in [0.25, 0.3) is 0 Å². The lowest BCUT2D eigenvalue weighted by molar-refractivity contribution is 0.103. The zero-order valence-corrected chi connectivity index (χ0v) is 14.1. The lowest BCUT2D eigenvalue weighted by atomic mass is 9.97. The minimum absolute atomic E-state index is 0.0448. The summed E-state index contributed by atoms with van der Waals surface area (Å²) in [6.45, 7) is 2.53. The summed E-state index contributed by atoms with van der Waals surface area (Å²) in [5.74, 6) is 6.29. The van der Waals surface area contributed by atoms with Gasteiger partial charge < -0.3 is 5.32 Å². The van der Waals surface area contributed by atoms with Gasteiger partial charge in [-0.15, -0.1) is 0 Å². The molecule has 0 spiro atoms. The number of hydrogen-bond acceptors (Lipinski definition) is 2. The Morgan fingerprint density at radius 1 is 0.920 bits per heavy atom. The fourth-order valence-electron chi connectivity index (χ4n) is 2.59. The Morgan fingerprint density at radius 2 is 1.60 bits per heavy atom. The summed E-state index contributed by atoms with van der Waals surface area (Å²) >= 11 is 0. The largest absolute Gasteiger partial charge is 0.374 e. The first-order chi connectivity index (χ1) is 12.2. The third-order valence-corrected chi connectivity index (χ3v) is 3.89. The van der Waals surface area contributed by atoms with Gasteiger partial charge in [0.25, 0.3) is 0 Å². The molecule has 0 atom stereocenters. The lowest BCUT2D eigenvalue weighted by Crippen LogP contribution is -2.03. The zero-order chi connectivity index (χ0) is 17.5. The van der Waals surface area contributed by atoms with Crippen molar-refractivity contribution in [2.75, 3.05) is 11.9 Å². The molecule has 0 amide bonds. The number of anilines is 1. The van der Waals surface area contributed by atoms with Crippen LogP contribution in [0.4, 0.5) is 5.69 Å². The first-order valence-corrected chi connectivity index (χ1v) is 8.22. The van der Waals surface area contributed by atoms with Crippen LogP contribution in [-0.4, -0.2) is 12.3 Å². The van der Waals surface area contributed by atoms with E-state index in [1.54, 1.807) is 0 Å². The predicted octanol–water partition coefficient (Wildman–Crippen LogP) is 4.69. The molecule has 25 heavy (non-hydrogen) atoms. The molecular weight excluding hydrogens is 306 g/mol. The van der Waals surface area contributed by atoms with Crippen molar-refractivity contribution >= 4 is 11.5 Å². The van der Waals surface area contributed by atoms with Crippen molar-refractivity contribution in [1.29, 1.82) is 0 Å². The fraction of sp³-hybridized carbons (Fsp3) is 0.0870. The van der Waals surface area contributed by atoms with Crippen LogP contribution in [0.5, 0.6) is 0 Å². The van der Waals surface area contributed by atoms with Gasteiger partial charge in [0.2, 0.25) is 0 Å². The Hall–Kier alpha value is -3.31. The number of benzene rings is 3. The highest BCUT2D eigenvalue weighted by molar-refractivity contribution is 6.09. The van der Waals surface area contributed by atoms with Crippen molar-refractivity contribution in [1.82, 2.24) is 0 Å². The second-order valence-electron chi connectivity index (χ2n) is 5.75. The van der Waals surface area contributed by atoms with Crippen LogP contribution >= 0.6 is 0 Å². The molecule has 0 radical (unpaired) electrons. The summed E-state index contributed by atoms with van der Waals surface area (Å²) in [6, 6.07) is 25.0. The Balaban J connectivity index is 1.68. The molecule has 0 aliphatic rings. The van der Waals surface area contributed by atoms with Gasteiger partial charge in [0.1, 0.15) is 0 Å². The normalized spacial score (nSPS) is 9.80. The minimum atomic E-state index is 0.0448. The number of carbonyl (C=O) groups is 1. The standard InChI is InChI=1S/C23H19NO/c1-18-17-19(9-8-16-24-21-12-6-3-7-13-21)14-15-22(18)23(25)20-10-4-2-5-11-20/h2-7,10-15,17,24H,16H2,1H3. The lowest BCUT2D eigenvalue weighted by Gasteiger charge is -2.05. The summed E-state index contributed by atoms with van der Waals surface area (Å²) in [6.07, 6.45) is 0. The summed E-state index contributed by atoms with van der Waals surface area (Å²) < 4.78 is 0. The number of carbonyl (C=O) groups excluding carboxylic acids is 1. The van der Waals surface area contributed by atoms with Crippen molar-refractivity contribution in [3.05, 3.63) is 101 Å². The quantitative estimate of drug-likeness (QED) is 0.557. The van der Waals surface area contributed by atoms with E-state index in [0.717, 1.165) is 22.4 Å². The molecule has 0 aliphatic heterocycles. The topological polar surface area (TPSA) is 29.1 Å². The molecule has 0 aliphatic carbocycles. The maximum Gasteiger partial charge on any atom is 0.193 e. The highest BCUT2D eigenvalue weighted by atomic mass is 16.1. The molecule has 1 N–H and O–H groups in total. The summed E-state index contributed by atoms with van der Waals surface area (Å²) in [4.78, 5) is 12.5. The Bertz CT molecular complexity index is 919. The van der Waals surface area contributed by atoms with E-state index in [1.807, 2.05) is 85.8 Å². The van der Waals surface area contributed by atoms with E-state index in [4.69, 9.17) is 0 Å². The number of hydrogen-bond donors (Lipinski definition) is 1. The number of rotatable bonds is 4. The van der Waals surface area contributed by atoms with Gasteiger partial charge in [-0.3, -0.25) is 4.79 Å². The Labute approximate surface area is 148 Å². The summed E-state index contributed by atoms with van der Waals surface area (Å²) in [5, 5.41) is 3.25. The van der Waals surface area contributed by atoms with Crippen LogP contribution in [0.15, 0.2) is 78.9 Å². The highest BCUT2D eigenvalue weighted by Gasteiger charge is 2.11. The molecule has 0 bridgehead atoms. The molecule has 0 fully saturated rings. The van der Waals surface area contributed by atoms with Gasteiger partial charge in [-0.1, -0.05) is 60.4 Å². The monoisotopic (exact) mass is 325 g/mol. The van der Waals surface area contributed by atoms with Crippen molar-refractivity contribution in [2.24, 2.45) is 0 Å². The van der Waals surface area contributed by atoms with Gasteiger partial charge in [0, 0.05) is 22.4 Å². The molecule has 0 heterocycles. The predicted molar refractivity (Wildman–Crippen MR) is 103 cm³/mol. The molecule has 0 saturated carbocycles. The van der Waals surface area contributed by atoms with Crippen molar-refractivity contribution < 1.29 is 4.79 Å². The van der Waals surface area contributed by atoms with Gasteiger partial charge in [0.05, 0.1) is 6.54 Å². The second kappa shape index (κ2) is 7.99. The smallest absolute Gasteiger partial charge is 0.193 e. The molecule has 0 aromatic heterocycles. The Morgan fingerprint density at radius 3 is 2.28 bits per heavy atom. The maximum atomic E-state index is 12.5. The maximum absolute atomic E-state index is 12.5. The Kier molecular flexibility index (Phi) is 5.29. The van der Waals surface area contributed by atoms with Gasteiger partial charge in [-0.25, -0.2) is 0 Å². The van der Waals surface area contributed by atoms with E-state index in [9.17, 15) is 4.79 Å². The van der Waals surface area contributed by atoms with Crippen LogP contribution in [0.1, 0.15) is 27.0 Å². The number of para-hydroxylation sites is 1. The molecule has 0 saturated heterocycles. The first-order valence-electron chi connectivity index (χ1n) is 8.22. The van der Waals surface area contributed by atoms with E-state index in [1.165, 1.54) is 0 Å².